The molecule has 0 saturated heterocycles. The minimum absolute atomic E-state index is 0.769. The molecule has 0 bridgehead atoms. The average molecular weight is 253 g/mol. The number of hydrogen-bond acceptors (Lipinski definition) is 3. The average Bonchev–Trinajstić information content (AvgIpc) is 3.07. The molecule has 1 aliphatic heterocycles. The highest BCUT2D eigenvalue weighted by molar-refractivity contribution is 5.32. The van der Waals surface area contributed by atoms with Crippen molar-refractivity contribution in [1.82, 2.24) is 15.0 Å². The molecule has 1 N–H and O–H groups in total. The van der Waals surface area contributed by atoms with Crippen molar-refractivity contribution in [2.75, 3.05) is 6.54 Å². The molecule has 2 aromatic rings. The third-order valence-electron chi connectivity index (χ3n) is 2.23. The minimum Gasteiger partial charge on any atom is -0.368 e. The highest BCUT2D eigenvalue weighted by Crippen LogP contribution is 2.10. The number of aromatic amines is 1. The standard InChI is InChI=1S/C10H10N4.C4H5N/c1-2-8-14(9-3-1)13-12-10-4-6-11-7-5-10;1-2-4-5-3-1/h1-8H,9H2;1-5H. The molecule has 19 heavy (non-hydrogen) atoms. The van der Waals surface area contributed by atoms with Gasteiger partial charge < -0.3 is 4.98 Å². The van der Waals surface area contributed by atoms with E-state index in [2.05, 4.69) is 20.3 Å². The maximum Gasteiger partial charge on any atom is 0.0904 e. The highest BCUT2D eigenvalue weighted by atomic mass is 15.5. The molecule has 96 valence electrons. The van der Waals surface area contributed by atoms with Crippen LogP contribution >= 0.6 is 0 Å². The van der Waals surface area contributed by atoms with Crippen molar-refractivity contribution in [3.8, 4) is 0 Å². The Bertz CT molecular complexity index is 511. The molecule has 0 fully saturated rings. The maximum atomic E-state index is 4.06. The third-order valence-corrected chi connectivity index (χ3v) is 2.23. The molecule has 3 heterocycles. The van der Waals surface area contributed by atoms with E-state index >= 15 is 0 Å². The summed E-state index contributed by atoms with van der Waals surface area (Å²) in [7, 11) is 0. The molecule has 5 nitrogen and oxygen atoms in total. The van der Waals surface area contributed by atoms with Gasteiger partial charge >= 0.3 is 0 Å². The molecule has 0 radical (unpaired) electrons. The molecule has 1 aliphatic rings. The van der Waals surface area contributed by atoms with Crippen LogP contribution in [0.4, 0.5) is 5.69 Å². The van der Waals surface area contributed by atoms with E-state index in [1.54, 1.807) is 17.4 Å². The number of nitrogens with zero attached hydrogens (tertiary/aromatic N) is 4. The van der Waals surface area contributed by atoms with E-state index in [1.165, 1.54) is 0 Å². The van der Waals surface area contributed by atoms with Crippen LogP contribution in [0.2, 0.25) is 0 Å². The largest absolute Gasteiger partial charge is 0.368 e. The molecule has 3 rings (SSSR count). The summed E-state index contributed by atoms with van der Waals surface area (Å²) in [6.45, 7) is 0.769. The predicted octanol–water partition coefficient (Wildman–Crippen LogP) is 3.48. The molecule has 2 aromatic heterocycles. The van der Waals surface area contributed by atoms with E-state index in [9.17, 15) is 0 Å². The Morgan fingerprint density at radius 1 is 1.11 bits per heavy atom. The van der Waals surface area contributed by atoms with Crippen LogP contribution in [0.25, 0.3) is 0 Å². The van der Waals surface area contributed by atoms with Crippen LogP contribution in [0.15, 0.2) is 83.8 Å². The van der Waals surface area contributed by atoms with Gasteiger partial charge in [-0.2, -0.15) is 0 Å². The predicted molar refractivity (Wildman–Crippen MR) is 74.5 cm³/mol. The van der Waals surface area contributed by atoms with Crippen molar-refractivity contribution in [3.05, 3.63) is 73.5 Å². The normalized spacial score (nSPS) is 13.4. The monoisotopic (exact) mass is 253 g/mol. The van der Waals surface area contributed by atoms with Gasteiger partial charge in [-0.15, -0.1) is 5.11 Å². The van der Waals surface area contributed by atoms with Crippen LogP contribution in [0.5, 0.6) is 0 Å². The molecule has 0 amide bonds. The quantitative estimate of drug-likeness (QED) is 0.833. The Labute approximate surface area is 112 Å². The first kappa shape index (κ1) is 12.8. The zero-order valence-electron chi connectivity index (χ0n) is 10.4. The summed E-state index contributed by atoms with van der Waals surface area (Å²) in [5.74, 6) is 0. The van der Waals surface area contributed by atoms with Crippen molar-refractivity contribution in [2.24, 2.45) is 10.3 Å². The third kappa shape index (κ3) is 4.99. The zero-order chi connectivity index (χ0) is 13.2. The summed E-state index contributed by atoms with van der Waals surface area (Å²) >= 11 is 0. The summed E-state index contributed by atoms with van der Waals surface area (Å²) in [4.78, 5) is 6.76. The number of allylic oxidation sites excluding steroid dienone is 2. The first-order chi connectivity index (χ1) is 9.45. The Kier molecular flexibility index (Phi) is 5.10. The second kappa shape index (κ2) is 7.60. The lowest BCUT2D eigenvalue weighted by atomic mass is 10.4. The van der Waals surface area contributed by atoms with Crippen molar-refractivity contribution >= 4 is 5.69 Å². The lowest BCUT2D eigenvalue weighted by Gasteiger charge is -2.11. The fourth-order valence-electron chi connectivity index (χ4n) is 1.32. The van der Waals surface area contributed by atoms with Crippen molar-refractivity contribution in [1.29, 1.82) is 0 Å². The van der Waals surface area contributed by atoms with Gasteiger partial charge in [0.15, 0.2) is 0 Å². The number of pyridine rings is 1. The van der Waals surface area contributed by atoms with Crippen molar-refractivity contribution in [2.45, 2.75) is 0 Å². The van der Waals surface area contributed by atoms with E-state index in [0.29, 0.717) is 0 Å². The number of rotatable bonds is 2. The Morgan fingerprint density at radius 3 is 2.47 bits per heavy atom. The van der Waals surface area contributed by atoms with Crippen molar-refractivity contribution < 1.29 is 0 Å². The molecular formula is C14H15N5. The first-order valence-electron chi connectivity index (χ1n) is 5.94. The van der Waals surface area contributed by atoms with Gasteiger partial charge in [0.05, 0.1) is 12.2 Å². The topological polar surface area (TPSA) is 56.6 Å². The Hall–Kier alpha value is -2.69. The highest BCUT2D eigenvalue weighted by Gasteiger charge is 1.95. The van der Waals surface area contributed by atoms with Gasteiger partial charge in [-0.1, -0.05) is 17.4 Å². The molecule has 5 heteroatoms. The van der Waals surface area contributed by atoms with Crippen molar-refractivity contribution in [3.63, 3.8) is 0 Å². The number of hydrogen-bond donors (Lipinski definition) is 1. The summed E-state index contributed by atoms with van der Waals surface area (Å²) in [5, 5.41) is 9.87. The number of H-pyrrole nitrogens is 1. The van der Waals surface area contributed by atoms with Crippen LogP contribution in [0, 0.1) is 0 Å². The second-order valence-electron chi connectivity index (χ2n) is 3.67. The van der Waals surface area contributed by atoms with Crippen LogP contribution < -0.4 is 0 Å². The molecule has 0 spiro atoms. The van der Waals surface area contributed by atoms with Gasteiger partial charge in [0.2, 0.25) is 0 Å². The minimum atomic E-state index is 0.769. The Morgan fingerprint density at radius 2 is 1.89 bits per heavy atom. The van der Waals surface area contributed by atoms with Gasteiger partial charge in [0.25, 0.3) is 0 Å². The molecule has 0 saturated carbocycles. The number of aromatic nitrogens is 2. The van der Waals surface area contributed by atoms with Gasteiger partial charge in [0.1, 0.15) is 0 Å². The van der Waals surface area contributed by atoms with Crippen LogP contribution in [-0.2, 0) is 0 Å². The van der Waals surface area contributed by atoms with E-state index in [-0.39, 0.29) is 0 Å². The lowest BCUT2D eigenvalue weighted by molar-refractivity contribution is 0.411. The van der Waals surface area contributed by atoms with Gasteiger partial charge in [-0.05, 0) is 30.3 Å². The zero-order valence-corrected chi connectivity index (χ0v) is 10.4. The van der Waals surface area contributed by atoms with E-state index in [1.807, 2.05) is 61.1 Å². The van der Waals surface area contributed by atoms with E-state index in [4.69, 9.17) is 0 Å². The van der Waals surface area contributed by atoms with E-state index in [0.717, 1.165) is 12.2 Å². The summed E-state index contributed by atoms with van der Waals surface area (Å²) in [5.41, 5.74) is 0.808. The number of nitrogens with one attached hydrogen (secondary N) is 1. The summed E-state index contributed by atoms with van der Waals surface area (Å²) in [6.07, 6.45) is 14.9. The molecule has 0 unspecified atom stereocenters. The smallest absolute Gasteiger partial charge is 0.0904 e. The maximum absolute atomic E-state index is 4.06. The summed E-state index contributed by atoms with van der Waals surface area (Å²) in [6, 6.07) is 7.51. The van der Waals surface area contributed by atoms with Crippen LogP contribution in [0.3, 0.4) is 0 Å². The molecule has 0 aliphatic carbocycles. The molecule has 0 aromatic carbocycles. The van der Waals surface area contributed by atoms with Crippen LogP contribution in [-0.4, -0.2) is 21.5 Å². The van der Waals surface area contributed by atoms with Crippen LogP contribution in [0.1, 0.15) is 0 Å². The van der Waals surface area contributed by atoms with E-state index < -0.39 is 0 Å². The van der Waals surface area contributed by atoms with Gasteiger partial charge in [-0.3, -0.25) is 9.99 Å². The molecule has 0 atom stereocenters. The first-order valence-corrected chi connectivity index (χ1v) is 5.94. The fraction of sp³-hybridized carbons (Fsp3) is 0.0714. The van der Waals surface area contributed by atoms with Gasteiger partial charge in [0, 0.05) is 31.0 Å². The lowest BCUT2D eigenvalue weighted by Crippen LogP contribution is -2.10. The van der Waals surface area contributed by atoms with Gasteiger partial charge in [-0.25, -0.2) is 0 Å². The summed E-state index contributed by atoms with van der Waals surface area (Å²) < 4.78 is 0. The second-order valence-corrected chi connectivity index (χ2v) is 3.67. The SMILES string of the molecule is C1=CCN(N=Nc2ccncc2)C=C1.c1cc[nH]c1. The molecular weight excluding hydrogens is 238 g/mol. The fourth-order valence-corrected chi connectivity index (χ4v) is 1.32. The Balaban J connectivity index is 0.000000224.